The van der Waals surface area contributed by atoms with E-state index in [9.17, 15) is 74.1 Å². The minimum Gasteiger partial charge on any atom is -0.393 e. The van der Waals surface area contributed by atoms with Gasteiger partial charge in [0.25, 0.3) is 0 Å². The Morgan fingerprint density at radius 3 is 1.48 bits per heavy atom. The van der Waals surface area contributed by atoms with Crippen LogP contribution >= 0.6 is 0 Å². The van der Waals surface area contributed by atoms with E-state index in [1.165, 1.54) is 0 Å². The molecule has 80 heavy (non-hydrogen) atoms. The predicted molar refractivity (Wildman–Crippen MR) is 292 cm³/mol. The number of rotatable bonds is 6. The highest BCUT2D eigenvalue weighted by Crippen LogP contribution is 2.70. The second kappa shape index (κ2) is 19.6. The number of Topliss-reactive ketones (excluding diaryl/α,β-unsaturated/α-hetero) is 5. The standard InChI is InChI=1S/C22H30O5.C22H28O5.C21H26O5/c1-12-8-14-15-5-7-22(27,18(26)11-23)21(15,3)10-17(25)19(14)20(2)6-4-13(24)9-16(12)20;1-12-8-16-15-5-4-13-9-14(24)6-7-20(13,2)19(15)17(25)10-21(16,3)22(12,27)18(26)11-23;1-19-7-5-13(23)9-12(19)3-4-14-15-6-8-21(26,17(25)11-22)20(15,2)10-16(24)18(14)19/h4,6,9,12,14-15,17,19,23,25,27H,5,7-8,10-11H2,1-3H3;6-7,9,12,15-16,19,23,27H,4-5,8,10-11H2,1-3H3;5,7,9,14-15,18,22,26H,3-4,6,8,10-11H2,1-2H3/t12-,14-,15-,17-,19+,20-,21-,22-;12-,15-,16-,19+,20-,21-,22-;14-,15-,18+,19-,20-,21-/m000/s1. The maximum atomic E-state index is 13.4. The third kappa shape index (κ3) is 7.88. The SMILES string of the molecule is C[C@H]1C[C@@H]2[C@H]([C@@H](O)C[C@@]3(C)[C@H]2CC[C@]3(O)C(=O)CO)[C@@]2(C)C=CC(=O)C=C12.C[C@H]1C[C@H]2[C@@H]3CCC4=CC(=O)C=C[C@]4(C)[C@H]3C(=O)C[C@]2(C)[C@@]1(O)C(=O)CO.C[C@]12C=CC(=O)C=C1CC[C@@H]1[C@@H]2C(=O)C[C@@]2(C)[C@H]1CC[C@]2(O)C(=O)CO. The summed E-state index contributed by atoms with van der Waals surface area (Å²) in [6.45, 7) is 13.7. The van der Waals surface area contributed by atoms with Crippen LogP contribution < -0.4 is 0 Å². The highest BCUT2D eigenvalue weighted by molar-refractivity contribution is 6.03. The van der Waals surface area contributed by atoms with Crippen LogP contribution in [0.25, 0.3) is 0 Å². The zero-order valence-corrected chi connectivity index (χ0v) is 47.8. The van der Waals surface area contributed by atoms with E-state index in [2.05, 4.69) is 13.8 Å². The number of ketones is 8. The Morgan fingerprint density at radius 2 is 0.975 bits per heavy atom. The van der Waals surface area contributed by atoms with E-state index in [4.69, 9.17) is 0 Å². The van der Waals surface area contributed by atoms with Gasteiger partial charge in [0, 0.05) is 63.1 Å². The topological polar surface area (TPSA) is 278 Å². The van der Waals surface area contributed by atoms with Crippen molar-refractivity contribution in [1.29, 1.82) is 0 Å². The van der Waals surface area contributed by atoms with Gasteiger partial charge < -0.3 is 35.7 Å². The molecule has 9 saturated carbocycles. The third-order valence-electron chi connectivity index (χ3n) is 25.0. The minimum atomic E-state index is -1.66. The number of carbonyl (C=O) groups is 8. The first-order valence-corrected chi connectivity index (χ1v) is 29.5. The molecule has 0 saturated heterocycles. The van der Waals surface area contributed by atoms with E-state index in [1.54, 1.807) is 36.5 Å². The second-order valence-corrected chi connectivity index (χ2v) is 28.3. The van der Waals surface area contributed by atoms with Crippen LogP contribution in [0.5, 0.6) is 0 Å². The molecule has 0 aromatic carbocycles. The van der Waals surface area contributed by atoms with Gasteiger partial charge in [0.1, 0.15) is 48.2 Å². The van der Waals surface area contributed by atoms with Crippen molar-refractivity contribution in [2.24, 2.45) is 97.6 Å². The summed E-state index contributed by atoms with van der Waals surface area (Å²) in [4.78, 5) is 99.5. The normalized spacial score (nSPS) is 49.0. The Hall–Kier alpha value is -4.48. The molecular weight excluding hydrogens is 1020 g/mol. The second-order valence-electron chi connectivity index (χ2n) is 28.3. The number of hydrogen-bond acceptors (Lipinski definition) is 15. The predicted octanol–water partition coefficient (Wildman–Crippen LogP) is 5.58. The molecule has 0 bridgehead atoms. The Kier molecular flexibility index (Phi) is 14.4. The molecule has 15 nitrogen and oxygen atoms in total. The Labute approximate surface area is 469 Å². The average Bonchev–Trinajstić information content (AvgIpc) is 3.47. The van der Waals surface area contributed by atoms with Crippen molar-refractivity contribution in [3.63, 3.8) is 0 Å². The highest BCUT2D eigenvalue weighted by atomic mass is 16.3. The van der Waals surface area contributed by atoms with E-state index in [0.29, 0.717) is 32.1 Å². The van der Waals surface area contributed by atoms with Crippen molar-refractivity contribution in [2.45, 2.75) is 162 Å². The maximum absolute atomic E-state index is 13.4. The molecule has 434 valence electrons. The Morgan fingerprint density at radius 1 is 0.537 bits per heavy atom. The molecule has 0 aliphatic heterocycles. The molecule has 12 aliphatic carbocycles. The summed E-state index contributed by atoms with van der Waals surface area (Å²) in [7, 11) is 0. The van der Waals surface area contributed by atoms with Crippen LogP contribution in [-0.2, 0) is 38.4 Å². The summed E-state index contributed by atoms with van der Waals surface area (Å²) < 4.78 is 0. The minimum absolute atomic E-state index is 0.00620. The number of carbonyl (C=O) groups excluding carboxylic acids is 8. The van der Waals surface area contributed by atoms with Gasteiger partial charge in [0.2, 0.25) is 0 Å². The van der Waals surface area contributed by atoms with Gasteiger partial charge in [-0.15, -0.1) is 0 Å². The molecule has 0 heterocycles. The molecule has 9 fully saturated rings. The van der Waals surface area contributed by atoms with E-state index in [1.807, 2.05) is 59.8 Å². The number of allylic oxidation sites excluding steroid dienone is 12. The fourth-order valence-electron chi connectivity index (χ4n) is 21.0. The third-order valence-corrected chi connectivity index (χ3v) is 25.0. The summed E-state index contributed by atoms with van der Waals surface area (Å²) in [6.07, 6.45) is 22.2. The zero-order valence-electron chi connectivity index (χ0n) is 47.8. The Balaban J connectivity index is 0.000000135. The van der Waals surface area contributed by atoms with E-state index >= 15 is 0 Å². The molecule has 0 amide bonds. The summed E-state index contributed by atoms with van der Waals surface area (Å²) >= 11 is 0. The molecule has 0 unspecified atom stereocenters. The largest absolute Gasteiger partial charge is 0.393 e. The van der Waals surface area contributed by atoms with Crippen LogP contribution in [-0.4, -0.2) is 125 Å². The lowest BCUT2D eigenvalue weighted by molar-refractivity contribution is -0.180. The first-order chi connectivity index (χ1) is 37.3. The lowest BCUT2D eigenvalue weighted by atomic mass is 9.45. The van der Waals surface area contributed by atoms with Crippen LogP contribution in [0.3, 0.4) is 0 Å². The molecule has 12 rings (SSSR count). The van der Waals surface area contributed by atoms with Crippen molar-refractivity contribution < 1.29 is 74.1 Å². The lowest BCUT2D eigenvalue weighted by Gasteiger charge is -2.60. The van der Waals surface area contributed by atoms with Gasteiger partial charge >= 0.3 is 0 Å². The average molecular weight is 1110 g/mol. The molecule has 0 spiro atoms. The summed E-state index contributed by atoms with van der Waals surface area (Å²) in [5, 5.41) is 73.2. The van der Waals surface area contributed by atoms with Crippen molar-refractivity contribution in [2.75, 3.05) is 19.8 Å². The molecule has 7 N–H and O–H groups in total. The summed E-state index contributed by atoms with van der Waals surface area (Å²) in [6, 6.07) is 0. The van der Waals surface area contributed by atoms with E-state index in [0.717, 1.165) is 55.2 Å². The molecule has 0 aromatic rings. The van der Waals surface area contributed by atoms with Gasteiger partial charge in [0.15, 0.2) is 34.7 Å². The fourth-order valence-corrected chi connectivity index (χ4v) is 21.0. The zero-order chi connectivity index (χ0) is 58.5. The number of aliphatic hydroxyl groups is 7. The van der Waals surface area contributed by atoms with Gasteiger partial charge in [-0.1, -0.05) is 90.3 Å². The van der Waals surface area contributed by atoms with Crippen LogP contribution in [0.15, 0.2) is 71.4 Å². The van der Waals surface area contributed by atoms with Crippen LogP contribution in [0.2, 0.25) is 0 Å². The van der Waals surface area contributed by atoms with E-state index in [-0.39, 0.29) is 112 Å². The molecule has 12 aliphatic rings. The summed E-state index contributed by atoms with van der Waals surface area (Å²) in [5.41, 5.74) is -5.40. The van der Waals surface area contributed by atoms with Crippen LogP contribution in [0, 0.1) is 97.6 Å². The van der Waals surface area contributed by atoms with E-state index < -0.39 is 87.2 Å². The molecular formula is C65H84O15. The van der Waals surface area contributed by atoms with Gasteiger partial charge in [-0.25, -0.2) is 0 Å². The number of hydrogen-bond donors (Lipinski definition) is 7. The van der Waals surface area contributed by atoms with Crippen molar-refractivity contribution in [1.82, 2.24) is 0 Å². The van der Waals surface area contributed by atoms with Crippen LogP contribution in [0.4, 0.5) is 0 Å². The smallest absolute Gasteiger partial charge is 0.190 e. The van der Waals surface area contributed by atoms with Gasteiger partial charge in [-0.3, -0.25) is 38.4 Å². The summed E-state index contributed by atoms with van der Waals surface area (Å²) in [5.74, 6) is -1.61. The first kappa shape index (κ1) is 58.7. The van der Waals surface area contributed by atoms with Gasteiger partial charge in [0.05, 0.1) is 6.10 Å². The quantitative estimate of drug-likeness (QED) is 0.171. The molecule has 15 heteroatoms. The molecule has 0 aromatic heterocycles. The first-order valence-electron chi connectivity index (χ1n) is 29.5. The fraction of sp³-hybridized carbons (Fsp3) is 0.692. The monoisotopic (exact) mass is 1100 g/mol. The maximum Gasteiger partial charge on any atom is 0.190 e. The van der Waals surface area contributed by atoms with Crippen molar-refractivity contribution >= 4 is 46.3 Å². The Bertz CT molecular complexity index is 2920. The highest BCUT2D eigenvalue weighted by Gasteiger charge is 2.72. The van der Waals surface area contributed by atoms with Crippen molar-refractivity contribution in [3.05, 3.63) is 71.4 Å². The lowest BCUT2D eigenvalue weighted by Crippen LogP contribution is -2.62. The molecule has 21 atom stereocenters. The number of aliphatic hydroxyl groups excluding tert-OH is 4. The van der Waals surface area contributed by atoms with Gasteiger partial charge in [-0.2, -0.15) is 0 Å². The van der Waals surface area contributed by atoms with Gasteiger partial charge in [-0.05, 0) is 154 Å². The van der Waals surface area contributed by atoms with Crippen molar-refractivity contribution in [3.8, 4) is 0 Å². The number of fused-ring (bicyclic) bond motifs is 15. The molecule has 0 radical (unpaired) electrons. The van der Waals surface area contributed by atoms with Crippen LogP contribution in [0.1, 0.15) is 139 Å².